The zero-order valence-corrected chi connectivity index (χ0v) is 21.1. The minimum absolute atomic E-state index is 0.0787. The highest BCUT2D eigenvalue weighted by Crippen LogP contribution is 2.37. The maximum Gasteiger partial charge on any atom is 0.461 e. The third-order valence-electron chi connectivity index (χ3n) is 5.76. The number of pyridine rings is 1. The summed E-state index contributed by atoms with van der Waals surface area (Å²) in [6, 6.07) is 17.8. The first-order valence-corrected chi connectivity index (χ1v) is 12.0. The lowest BCUT2D eigenvalue weighted by molar-refractivity contribution is -0.253. The van der Waals surface area contributed by atoms with Gasteiger partial charge in [-0.1, -0.05) is 48.0 Å². The van der Waals surface area contributed by atoms with Crippen LogP contribution in [0.2, 0.25) is 5.02 Å². The first kappa shape index (κ1) is 28.8. The Balaban J connectivity index is 1.88. The molecule has 12 heteroatoms. The Hall–Kier alpha value is -4.25. The van der Waals surface area contributed by atoms with Crippen LogP contribution in [0, 0.1) is 11.6 Å². The smallest absolute Gasteiger partial charge is 0.428 e. The van der Waals surface area contributed by atoms with Crippen LogP contribution in [0.3, 0.4) is 0 Å². The van der Waals surface area contributed by atoms with E-state index in [0.717, 1.165) is 18.2 Å². The Bertz CT molecular complexity index is 1470. The molecule has 0 saturated heterocycles. The number of carbonyl (C=O) groups is 1. The summed E-state index contributed by atoms with van der Waals surface area (Å²) in [7, 11) is 0. The minimum atomic E-state index is -4.92. The molecular formula is C28H20ClF6N3O2. The number of rotatable bonds is 9. The fourth-order valence-electron chi connectivity index (χ4n) is 4.04. The third kappa shape index (κ3) is 6.84. The van der Waals surface area contributed by atoms with Crippen molar-refractivity contribution in [3.05, 3.63) is 125 Å². The van der Waals surface area contributed by atoms with Crippen LogP contribution in [0.25, 0.3) is 0 Å². The fourth-order valence-corrected chi connectivity index (χ4v) is 4.16. The predicted octanol–water partition coefficient (Wildman–Crippen LogP) is 7.56. The van der Waals surface area contributed by atoms with E-state index in [4.69, 9.17) is 11.6 Å². The van der Waals surface area contributed by atoms with Gasteiger partial charge in [0.05, 0.1) is 10.7 Å². The number of urea groups is 1. The second-order valence-electron chi connectivity index (χ2n) is 8.66. The summed E-state index contributed by atoms with van der Waals surface area (Å²) < 4.78 is 86.0. The van der Waals surface area contributed by atoms with Crippen molar-refractivity contribution < 1.29 is 35.9 Å². The summed E-state index contributed by atoms with van der Waals surface area (Å²) in [4.78, 5) is 17.6. The van der Waals surface area contributed by atoms with Crippen molar-refractivity contribution in [2.45, 2.75) is 24.5 Å². The average Bonchev–Trinajstić information content (AvgIpc) is 2.88. The first-order chi connectivity index (χ1) is 19.0. The van der Waals surface area contributed by atoms with Crippen LogP contribution in [-0.2, 0) is 12.0 Å². The predicted molar refractivity (Wildman–Crippen MR) is 137 cm³/mol. The van der Waals surface area contributed by atoms with Gasteiger partial charge in [0.1, 0.15) is 22.9 Å². The van der Waals surface area contributed by atoms with Gasteiger partial charge < -0.3 is 15.4 Å². The number of benzene rings is 3. The lowest BCUT2D eigenvalue weighted by Crippen LogP contribution is -2.50. The molecular weight excluding hydrogens is 560 g/mol. The normalized spacial score (nSPS) is 13.0. The second-order valence-corrected chi connectivity index (χ2v) is 9.10. The number of aromatic nitrogens is 1. The number of carbonyl (C=O) groups excluding carboxylic acids is 1. The van der Waals surface area contributed by atoms with Crippen molar-refractivity contribution in [3.8, 4) is 5.75 Å². The molecule has 0 fully saturated rings. The molecule has 1 heterocycles. The van der Waals surface area contributed by atoms with Crippen LogP contribution in [0.1, 0.15) is 16.8 Å². The first-order valence-electron chi connectivity index (χ1n) is 11.6. The number of alkyl halides is 4. The van der Waals surface area contributed by atoms with E-state index in [1.165, 1.54) is 36.5 Å². The topological polar surface area (TPSA) is 63.2 Å². The molecule has 2 N–H and O–H groups in total. The number of hydrogen-bond donors (Lipinski definition) is 2. The molecule has 40 heavy (non-hydrogen) atoms. The summed E-state index contributed by atoms with van der Waals surface area (Å²) >= 11 is 6.02. The monoisotopic (exact) mass is 579 g/mol. The molecule has 0 aliphatic rings. The van der Waals surface area contributed by atoms with E-state index >= 15 is 0 Å². The number of amides is 2. The van der Waals surface area contributed by atoms with Gasteiger partial charge in [0.25, 0.3) is 0 Å². The summed E-state index contributed by atoms with van der Waals surface area (Å²) in [5.74, 6) is -2.66. The highest BCUT2D eigenvalue weighted by molar-refractivity contribution is 6.30. The summed E-state index contributed by atoms with van der Waals surface area (Å²) in [5, 5.41) is 5.40. The molecule has 4 aromatic rings. The zero-order chi connectivity index (χ0) is 28.9. The molecule has 0 aliphatic carbocycles. The maximum atomic E-state index is 14.9. The molecule has 4 rings (SSSR count). The van der Waals surface area contributed by atoms with Crippen LogP contribution in [0.4, 0.5) is 36.8 Å². The van der Waals surface area contributed by atoms with Gasteiger partial charge in [-0.15, -0.1) is 0 Å². The number of halogens is 7. The number of nitrogens with one attached hydrogen (secondary N) is 2. The Morgan fingerprint density at radius 1 is 0.925 bits per heavy atom. The van der Waals surface area contributed by atoms with Crippen LogP contribution in [0.5, 0.6) is 5.75 Å². The number of ether oxygens (including phenoxy) is 1. The Labute approximate surface area is 229 Å². The summed E-state index contributed by atoms with van der Waals surface area (Å²) in [5.41, 5.74) is -1.21. The number of anilines is 1. The van der Waals surface area contributed by atoms with Crippen LogP contribution in [0.15, 0.2) is 91.1 Å². The Morgan fingerprint density at radius 2 is 1.68 bits per heavy atom. The molecule has 0 aliphatic heterocycles. The fraction of sp³-hybridized carbons (Fsp3) is 0.143. The van der Waals surface area contributed by atoms with Gasteiger partial charge in [-0.05, 0) is 53.6 Å². The van der Waals surface area contributed by atoms with Crippen molar-refractivity contribution in [2.75, 3.05) is 5.32 Å². The molecule has 0 unspecified atom stereocenters. The third-order valence-corrected chi connectivity index (χ3v) is 5.98. The van der Waals surface area contributed by atoms with E-state index in [9.17, 15) is 31.1 Å². The Kier molecular flexibility index (Phi) is 8.53. The molecule has 1 atom stereocenters. The van der Waals surface area contributed by atoms with E-state index in [2.05, 4.69) is 20.4 Å². The largest absolute Gasteiger partial charge is 0.461 e. The Morgan fingerprint density at radius 3 is 2.33 bits per heavy atom. The summed E-state index contributed by atoms with van der Waals surface area (Å²) in [6.07, 6.45) is -7.98. The van der Waals surface area contributed by atoms with Gasteiger partial charge in [-0.25, -0.2) is 13.6 Å². The van der Waals surface area contributed by atoms with E-state index in [0.29, 0.717) is 11.6 Å². The molecule has 3 aromatic carbocycles. The standard InChI is InChI=1S/C28H20ClF6N3O2/c29-19-9-10-24(36-16-19)27(15-17-5-2-1-3-6-17,38-26(39)37-22-8-4-7-20(30)13-22)18-11-21(31)14-23(12-18)40-28(34,35)25(32)33/h1-14,16,25H,15H2,(H2,37,38,39)/t27-/m0/s1. The van der Waals surface area contributed by atoms with Crippen molar-refractivity contribution in [1.82, 2.24) is 10.3 Å². The molecule has 1 aromatic heterocycles. The molecule has 0 bridgehead atoms. The van der Waals surface area contributed by atoms with Crippen molar-refractivity contribution in [3.63, 3.8) is 0 Å². The molecule has 0 spiro atoms. The van der Waals surface area contributed by atoms with Crippen molar-refractivity contribution in [1.29, 1.82) is 0 Å². The van der Waals surface area contributed by atoms with Gasteiger partial charge >= 0.3 is 18.6 Å². The highest BCUT2D eigenvalue weighted by atomic mass is 35.5. The average molecular weight is 580 g/mol. The highest BCUT2D eigenvalue weighted by Gasteiger charge is 2.45. The number of nitrogens with zero attached hydrogens (tertiary/aromatic N) is 1. The number of hydrogen-bond acceptors (Lipinski definition) is 3. The van der Waals surface area contributed by atoms with E-state index in [1.807, 2.05) is 0 Å². The van der Waals surface area contributed by atoms with E-state index in [-0.39, 0.29) is 28.4 Å². The van der Waals surface area contributed by atoms with Gasteiger partial charge in [0.15, 0.2) is 0 Å². The SMILES string of the molecule is O=C(Nc1cccc(F)c1)N[C@@](Cc1ccccc1)(c1cc(F)cc(OC(F)(F)C(F)F)c1)c1ccc(Cl)cn1. The van der Waals surface area contributed by atoms with Gasteiger partial charge in [0.2, 0.25) is 0 Å². The van der Waals surface area contributed by atoms with Crippen molar-refractivity contribution in [2.24, 2.45) is 0 Å². The lowest BCUT2D eigenvalue weighted by atomic mass is 9.80. The molecule has 208 valence electrons. The minimum Gasteiger partial charge on any atom is -0.428 e. The second kappa shape index (κ2) is 11.9. The van der Waals surface area contributed by atoms with E-state index in [1.54, 1.807) is 30.3 Å². The molecule has 0 radical (unpaired) electrons. The summed E-state index contributed by atoms with van der Waals surface area (Å²) in [6.45, 7) is 0. The van der Waals surface area contributed by atoms with E-state index < -0.39 is 41.5 Å². The van der Waals surface area contributed by atoms with Crippen LogP contribution in [-0.4, -0.2) is 23.5 Å². The molecule has 2 amide bonds. The van der Waals surface area contributed by atoms with Gasteiger partial charge in [-0.3, -0.25) is 4.98 Å². The van der Waals surface area contributed by atoms with Gasteiger partial charge in [-0.2, -0.15) is 17.6 Å². The molecule has 0 saturated carbocycles. The van der Waals surface area contributed by atoms with Crippen LogP contribution >= 0.6 is 11.6 Å². The van der Waals surface area contributed by atoms with Crippen LogP contribution < -0.4 is 15.4 Å². The maximum absolute atomic E-state index is 14.9. The zero-order valence-electron chi connectivity index (χ0n) is 20.4. The van der Waals surface area contributed by atoms with Crippen molar-refractivity contribution >= 4 is 23.3 Å². The quantitative estimate of drug-likeness (QED) is 0.201. The lowest BCUT2D eigenvalue weighted by Gasteiger charge is -2.36. The molecule has 5 nitrogen and oxygen atoms in total. The van der Waals surface area contributed by atoms with Gasteiger partial charge in [0, 0.05) is 24.4 Å².